The normalized spacial score (nSPS) is 21.3. The molecule has 200 valence electrons. The highest BCUT2D eigenvalue weighted by atomic mass is 32.2. The van der Waals surface area contributed by atoms with E-state index in [1.54, 1.807) is 0 Å². The Kier molecular flexibility index (Phi) is 7.98. The Labute approximate surface area is 239 Å². The standard InChI is InChI=1S/C28H28N6O2S3/c35-25(21-15-19(21)17-7-3-1-4-8-17)29-27-33-31-23(38-27)11-13-37-14-12-24-32-34-28(39-24)30-26(36)22-16-20(22)18-9-5-2-6-10-18/h1-10,19-22H,11-16H2,(H,29,33,35)(H,30,34,36)/t19-,20-,21?,22?/m1/s1. The van der Waals surface area contributed by atoms with Gasteiger partial charge in [-0.2, -0.15) is 11.8 Å². The zero-order valence-electron chi connectivity index (χ0n) is 21.2. The molecule has 2 aliphatic rings. The first kappa shape index (κ1) is 26.1. The van der Waals surface area contributed by atoms with Crippen LogP contribution in [0.25, 0.3) is 0 Å². The number of hydrogen-bond acceptors (Lipinski definition) is 9. The molecule has 2 heterocycles. The molecule has 2 amide bonds. The van der Waals surface area contributed by atoms with Crippen molar-refractivity contribution in [3.8, 4) is 0 Å². The van der Waals surface area contributed by atoms with Crippen molar-refractivity contribution < 1.29 is 9.59 Å². The van der Waals surface area contributed by atoms with Gasteiger partial charge in [-0.25, -0.2) is 0 Å². The van der Waals surface area contributed by atoms with Crippen molar-refractivity contribution in [3.05, 3.63) is 81.8 Å². The molecule has 4 aromatic rings. The maximum Gasteiger partial charge on any atom is 0.229 e. The number of hydrogen-bond donors (Lipinski definition) is 2. The lowest BCUT2D eigenvalue weighted by Gasteiger charge is -2.01. The highest BCUT2D eigenvalue weighted by molar-refractivity contribution is 7.99. The van der Waals surface area contributed by atoms with Crippen LogP contribution in [0.3, 0.4) is 0 Å². The number of amides is 2. The second-order valence-electron chi connectivity index (χ2n) is 9.81. The summed E-state index contributed by atoms with van der Waals surface area (Å²) in [5.41, 5.74) is 2.44. The zero-order chi connectivity index (χ0) is 26.6. The zero-order valence-corrected chi connectivity index (χ0v) is 23.6. The molecular formula is C28H28N6O2S3. The number of carbonyl (C=O) groups is 2. The van der Waals surface area contributed by atoms with Gasteiger partial charge in [-0.1, -0.05) is 83.3 Å². The molecule has 0 aliphatic heterocycles. The van der Waals surface area contributed by atoms with Crippen LogP contribution in [0, 0.1) is 11.8 Å². The molecule has 8 nitrogen and oxygen atoms in total. The van der Waals surface area contributed by atoms with E-state index < -0.39 is 0 Å². The lowest BCUT2D eigenvalue weighted by Crippen LogP contribution is -2.14. The number of carbonyl (C=O) groups excluding carboxylic acids is 2. The van der Waals surface area contributed by atoms with Crippen molar-refractivity contribution in [3.63, 3.8) is 0 Å². The minimum Gasteiger partial charge on any atom is -0.300 e. The third kappa shape index (κ3) is 6.71. The van der Waals surface area contributed by atoms with Crippen LogP contribution in [-0.2, 0) is 22.4 Å². The van der Waals surface area contributed by atoms with E-state index in [2.05, 4.69) is 55.3 Å². The summed E-state index contributed by atoms with van der Waals surface area (Å²) in [7, 11) is 0. The Morgan fingerprint density at radius 3 is 1.56 bits per heavy atom. The lowest BCUT2D eigenvalue weighted by molar-refractivity contribution is -0.118. The monoisotopic (exact) mass is 576 g/mol. The van der Waals surface area contributed by atoms with Gasteiger partial charge in [-0.05, 0) is 47.3 Å². The van der Waals surface area contributed by atoms with E-state index >= 15 is 0 Å². The molecule has 2 aromatic heterocycles. The van der Waals surface area contributed by atoms with Gasteiger partial charge in [0.2, 0.25) is 22.1 Å². The van der Waals surface area contributed by atoms with Crippen LogP contribution in [0.1, 0.15) is 45.8 Å². The SMILES string of the molecule is O=C(Nc1nnc(CCSCCc2nnc(NC(=O)C3C[C@@H]3c3ccccc3)s2)s1)C1C[C@@H]1c1ccccc1. The van der Waals surface area contributed by atoms with Gasteiger partial charge >= 0.3 is 0 Å². The number of anilines is 2. The molecule has 2 unspecified atom stereocenters. The van der Waals surface area contributed by atoms with Crippen LogP contribution in [0.5, 0.6) is 0 Å². The summed E-state index contributed by atoms with van der Waals surface area (Å²) >= 11 is 4.71. The van der Waals surface area contributed by atoms with E-state index in [0.717, 1.165) is 47.2 Å². The van der Waals surface area contributed by atoms with Gasteiger partial charge in [0, 0.05) is 24.7 Å². The number of aromatic nitrogens is 4. The van der Waals surface area contributed by atoms with E-state index in [0.29, 0.717) is 22.1 Å². The molecule has 6 rings (SSSR count). The first-order valence-electron chi connectivity index (χ1n) is 13.1. The molecular weight excluding hydrogens is 549 g/mol. The Hall–Kier alpha value is -3.15. The molecule has 2 N–H and O–H groups in total. The van der Waals surface area contributed by atoms with Gasteiger partial charge in [0.05, 0.1) is 0 Å². The number of aryl methyl sites for hydroxylation is 2. The molecule has 0 radical (unpaired) electrons. The predicted octanol–water partition coefficient (Wildman–Crippen LogP) is 5.39. The summed E-state index contributed by atoms with van der Waals surface area (Å²) in [4.78, 5) is 25.1. The number of rotatable bonds is 12. The molecule has 2 fully saturated rings. The quantitative estimate of drug-likeness (QED) is 0.218. The highest BCUT2D eigenvalue weighted by Crippen LogP contribution is 2.48. The summed E-state index contributed by atoms with van der Waals surface area (Å²) in [5.74, 6) is 2.52. The average molecular weight is 577 g/mol. The number of thioether (sulfide) groups is 1. The first-order valence-corrected chi connectivity index (χ1v) is 15.9. The fourth-order valence-electron chi connectivity index (χ4n) is 4.73. The van der Waals surface area contributed by atoms with E-state index in [9.17, 15) is 9.59 Å². The van der Waals surface area contributed by atoms with Crippen molar-refractivity contribution in [2.45, 2.75) is 37.5 Å². The van der Waals surface area contributed by atoms with Crippen LogP contribution in [0.4, 0.5) is 10.3 Å². The number of benzene rings is 2. The van der Waals surface area contributed by atoms with Crippen molar-refractivity contribution >= 4 is 56.5 Å². The fourth-order valence-corrected chi connectivity index (χ4v) is 7.36. The number of nitrogens with zero attached hydrogens (tertiary/aromatic N) is 4. The van der Waals surface area contributed by atoms with Crippen LogP contribution in [-0.4, -0.2) is 43.7 Å². The largest absolute Gasteiger partial charge is 0.300 e. The minimum atomic E-state index is 0.0180. The molecule has 2 aromatic carbocycles. The summed E-state index contributed by atoms with van der Waals surface area (Å²) in [6.07, 6.45) is 3.37. The van der Waals surface area contributed by atoms with Gasteiger partial charge in [0.25, 0.3) is 0 Å². The molecule has 0 bridgehead atoms. The molecule has 0 spiro atoms. The summed E-state index contributed by atoms with van der Waals surface area (Å²) in [5, 5.41) is 25.6. The second kappa shape index (κ2) is 11.9. The van der Waals surface area contributed by atoms with Crippen molar-refractivity contribution in [2.24, 2.45) is 11.8 Å². The van der Waals surface area contributed by atoms with Gasteiger partial charge in [0.15, 0.2) is 0 Å². The molecule has 39 heavy (non-hydrogen) atoms. The van der Waals surface area contributed by atoms with Crippen LogP contribution in [0.2, 0.25) is 0 Å². The summed E-state index contributed by atoms with van der Waals surface area (Å²) in [6, 6.07) is 20.4. The van der Waals surface area contributed by atoms with Crippen LogP contribution in [0.15, 0.2) is 60.7 Å². The van der Waals surface area contributed by atoms with Crippen molar-refractivity contribution in [2.75, 3.05) is 22.1 Å². The fraction of sp³-hybridized carbons (Fsp3) is 0.357. The van der Waals surface area contributed by atoms with Gasteiger partial charge < -0.3 is 10.6 Å². The predicted molar refractivity (Wildman–Crippen MR) is 156 cm³/mol. The van der Waals surface area contributed by atoms with Gasteiger partial charge in [-0.15, -0.1) is 20.4 Å². The topological polar surface area (TPSA) is 110 Å². The lowest BCUT2D eigenvalue weighted by atomic mass is 10.1. The van der Waals surface area contributed by atoms with Crippen LogP contribution >= 0.6 is 34.4 Å². The Morgan fingerprint density at radius 1 is 0.692 bits per heavy atom. The summed E-state index contributed by atoms with van der Waals surface area (Å²) in [6.45, 7) is 0. The molecule has 4 atom stereocenters. The Bertz CT molecular complexity index is 1320. The van der Waals surface area contributed by atoms with Gasteiger partial charge in [-0.3, -0.25) is 9.59 Å². The third-order valence-corrected chi connectivity index (χ3v) is 9.81. The smallest absolute Gasteiger partial charge is 0.229 e. The first-order chi connectivity index (χ1) is 19.1. The van der Waals surface area contributed by atoms with Gasteiger partial charge in [0.1, 0.15) is 10.0 Å². The summed E-state index contributed by atoms with van der Waals surface area (Å²) < 4.78 is 0. The van der Waals surface area contributed by atoms with E-state index in [-0.39, 0.29) is 23.7 Å². The molecule has 2 aliphatic carbocycles. The van der Waals surface area contributed by atoms with Crippen molar-refractivity contribution in [1.82, 2.24) is 20.4 Å². The highest BCUT2D eigenvalue weighted by Gasteiger charge is 2.44. The third-order valence-electron chi connectivity index (χ3n) is 7.02. The average Bonchev–Trinajstić information content (AvgIpc) is 3.86. The Balaban J connectivity index is 0.870. The maximum absolute atomic E-state index is 12.6. The van der Waals surface area contributed by atoms with E-state index in [1.165, 1.54) is 33.8 Å². The molecule has 11 heteroatoms. The Morgan fingerprint density at radius 2 is 1.13 bits per heavy atom. The minimum absolute atomic E-state index is 0.0180. The van der Waals surface area contributed by atoms with Crippen molar-refractivity contribution in [1.29, 1.82) is 0 Å². The molecule has 2 saturated carbocycles. The molecule has 0 saturated heterocycles. The second-order valence-corrected chi connectivity index (χ2v) is 13.2. The van der Waals surface area contributed by atoms with E-state index in [4.69, 9.17) is 0 Å². The van der Waals surface area contributed by atoms with Crippen LogP contribution < -0.4 is 10.6 Å². The maximum atomic E-state index is 12.6. The van der Waals surface area contributed by atoms with E-state index in [1.807, 2.05) is 48.2 Å². The number of nitrogens with one attached hydrogen (secondary N) is 2.